The monoisotopic (exact) mass is 533 g/mol. The van der Waals surface area contributed by atoms with Crippen LogP contribution < -0.4 is 10.6 Å². The molecule has 2 amide bonds. The maximum atomic E-state index is 13.2. The van der Waals surface area contributed by atoms with Crippen LogP contribution in [0, 0.1) is 11.5 Å². The lowest BCUT2D eigenvalue weighted by Gasteiger charge is -2.32. The highest BCUT2D eigenvalue weighted by atomic mass is 32.1. The average Bonchev–Trinajstić information content (AvgIpc) is 3.47. The normalized spacial score (nSPS) is 20.1. The van der Waals surface area contributed by atoms with Gasteiger partial charge in [-0.3, -0.25) is 9.59 Å². The van der Waals surface area contributed by atoms with E-state index in [2.05, 4.69) is 63.7 Å². The van der Waals surface area contributed by atoms with Crippen molar-refractivity contribution < 1.29 is 9.59 Å². The van der Waals surface area contributed by atoms with Crippen molar-refractivity contribution >= 4 is 42.1 Å². The molecule has 2 aromatic heterocycles. The van der Waals surface area contributed by atoms with Gasteiger partial charge in [0.15, 0.2) is 5.01 Å². The fourth-order valence-corrected chi connectivity index (χ4v) is 6.58. The first-order valence-electron chi connectivity index (χ1n) is 13.1. The molecule has 0 unspecified atom stereocenters. The number of thiazole rings is 1. The quantitative estimate of drug-likeness (QED) is 0.344. The van der Waals surface area contributed by atoms with Gasteiger partial charge in [0.05, 0.1) is 5.69 Å². The van der Waals surface area contributed by atoms with Crippen LogP contribution >= 0.6 is 11.3 Å². The number of fused-ring (bicyclic) bond motifs is 2. The number of rotatable bonds is 4. The molecule has 1 aliphatic heterocycles. The van der Waals surface area contributed by atoms with E-state index >= 15 is 0 Å². The number of aromatic amines is 1. The molecule has 3 heterocycles. The second-order valence-electron chi connectivity index (χ2n) is 11.3. The summed E-state index contributed by atoms with van der Waals surface area (Å²) in [7, 11) is 0.630. The number of nitrogens with one attached hydrogen (secondary N) is 3. The first kappa shape index (κ1) is 25.7. The summed E-state index contributed by atoms with van der Waals surface area (Å²) in [5.41, 5.74) is 6.85. The highest BCUT2D eigenvalue weighted by Crippen LogP contribution is 2.26. The minimum absolute atomic E-state index is 0.110. The molecule has 194 valence electrons. The Balaban J connectivity index is 1.26. The van der Waals surface area contributed by atoms with Crippen LogP contribution in [0.1, 0.15) is 62.1 Å². The first-order valence-corrected chi connectivity index (χ1v) is 17.4. The number of benzene rings is 1. The third-order valence-corrected chi connectivity index (χ3v) is 8.92. The lowest BCUT2D eigenvalue weighted by molar-refractivity contribution is 0.0860. The number of carbonyl (C=O) groups excluding carboxylic acids is 2. The third kappa shape index (κ3) is 6.14. The second kappa shape index (κ2) is 10.4. The summed E-state index contributed by atoms with van der Waals surface area (Å²) >= 11 is 1.49. The molecule has 37 heavy (non-hydrogen) atoms. The molecule has 1 aliphatic carbocycles. The lowest BCUT2D eigenvalue weighted by Crippen LogP contribution is -2.53. The van der Waals surface area contributed by atoms with Crippen LogP contribution in [0.25, 0.3) is 10.9 Å². The number of hydrogen-bond acceptors (Lipinski definition) is 5. The average molecular weight is 534 g/mol. The molecule has 1 saturated carbocycles. The number of H-pyrrole nitrogens is 1. The van der Waals surface area contributed by atoms with Gasteiger partial charge in [0.1, 0.15) is 13.8 Å². The SMILES string of the molecule is CN1CCc2nc(C(=O)N[C@@H]3CCCC[C@@H]3NC(=O)c3cc4cc(C#C[Si](C)(C)C)ccc4[nH]3)sc2C1. The van der Waals surface area contributed by atoms with Gasteiger partial charge < -0.3 is 20.5 Å². The zero-order valence-corrected chi connectivity index (χ0v) is 23.8. The summed E-state index contributed by atoms with van der Waals surface area (Å²) in [4.78, 5) is 37.6. The minimum Gasteiger partial charge on any atom is -0.351 e. The van der Waals surface area contributed by atoms with Gasteiger partial charge in [0.2, 0.25) is 0 Å². The van der Waals surface area contributed by atoms with E-state index in [9.17, 15) is 9.59 Å². The Bertz CT molecular complexity index is 1390. The Morgan fingerprint density at radius 3 is 2.57 bits per heavy atom. The smallest absolute Gasteiger partial charge is 0.280 e. The van der Waals surface area contributed by atoms with E-state index in [4.69, 9.17) is 0 Å². The van der Waals surface area contributed by atoms with Crippen molar-refractivity contribution in [2.45, 2.75) is 70.4 Å². The summed E-state index contributed by atoms with van der Waals surface area (Å²) < 4.78 is 0. The van der Waals surface area contributed by atoms with Crippen LogP contribution in [-0.2, 0) is 13.0 Å². The molecule has 7 nitrogen and oxygen atoms in total. The Labute approximate surface area is 223 Å². The van der Waals surface area contributed by atoms with Gasteiger partial charge in [-0.25, -0.2) is 4.98 Å². The molecule has 0 radical (unpaired) electrons. The predicted molar refractivity (Wildman–Crippen MR) is 152 cm³/mol. The number of hydrogen-bond donors (Lipinski definition) is 3. The van der Waals surface area contributed by atoms with Gasteiger partial charge in [0.25, 0.3) is 11.8 Å². The molecule has 9 heteroatoms. The van der Waals surface area contributed by atoms with Crippen molar-refractivity contribution in [3.8, 4) is 11.5 Å². The van der Waals surface area contributed by atoms with Crippen molar-refractivity contribution in [1.82, 2.24) is 25.5 Å². The van der Waals surface area contributed by atoms with E-state index in [0.29, 0.717) is 10.7 Å². The van der Waals surface area contributed by atoms with Gasteiger partial charge in [-0.05, 0) is 44.2 Å². The van der Waals surface area contributed by atoms with Crippen LogP contribution in [0.5, 0.6) is 0 Å². The van der Waals surface area contributed by atoms with Crippen LogP contribution in [0.15, 0.2) is 24.3 Å². The Morgan fingerprint density at radius 1 is 1.11 bits per heavy atom. The Kier molecular flexibility index (Phi) is 7.25. The molecule has 3 aromatic rings. The zero-order chi connectivity index (χ0) is 26.2. The van der Waals surface area contributed by atoms with Crippen molar-refractivity contribution in [3.63, 3.8) is 0 Å². The highest BCUT2D eigenvalue weighted by molar-refractivity contribution is 7.13. The highest BCUT2D eigenvalue weighted by Gasteiger charge is 2.30. The molecule has 1 fully saturated rings. The maximum absolute atomic E-state index is 13.2. The molecular weight excluding hydrogens is 498 g/mol. The fourth-order valence-electron chi connectivity index (χ4n) is 4.97. The van der Waals surface area contributed by atoms with Crippen molar-refractivity contribution in [1.29, 1.82) is 0 Å². The van der Waals surface area contributed by atoms with Gasteiger partial charge in [0, 0.05) is 52.9 Å². The van der Waals surface area contributed by atoms with Crippen molar-refractivity contribution in [2.75, 3.05) is 13.6 Å². The van der Waals surface area contributed by atoms with Crippen molar-refractivity contribution in [2.24, 2.45) is 0 Å². The van der Waals surface area contributed by atoms with E-state index in [1.807, 2.05) is 24.3 Å². The number of carbonyl (C=O) groups is 2. The molecule has 2 aliphatic rings. The molecule has 1 aromatic carbocycles. The van der Waals surface area contributed by atoms with E-state index < -0.39 is 8.07 Å². The van der Waals surface area contributed by atoms with Crippen LogP contribution in [0.2, 0.25) is 19.6 Å². The maximum Gasteiger partial charge on any atom is 0.280 e. The molecule has 0 saturated heterocycles. The van der Waals surface area contributed by atoms with Crippen LogP contribution in [0.4, 0.5) is 0 Å². The van der Waals surface area contributed by atoms with Crippen molar-refractivity contribution in [3.05, 3.63) is 51.1 Å². The zero-order valence-electron chi connectivity index (χ0n) is 22.0. The largest absolute Gasteiger partial charge is 0.351 e. The lowest BCUT2D eigenvalue weighted by atomic mass is 9.90. The Morgan fingerprint density at radius 2 is 1.84 bits per heavy atom. The number of nitrogens with zero attached hydrogens (tertiary/aromatic N) is 2. The van der Waals surface area contributed by atoms with E-state index in [-0.39, 0.29) is 23.9 Å². The topological polar surface area (TPSA) is 90.1 Å². The fraction of sp³-hybridized carbons (Fsp3) is 0.464. The number of amides is 2. The van der Waals surface area contributed by atoms with Gasteiger partial charge in [-0.15, -0.1) is 16.9 Å². The predicted octanol–water partition coefficient (Wildman–Crippen LogP) is 4.31. The molecule has 3 N–H and O–H groups in total. The van der Waals surface area contributed by atoms with E-state index in [1.165, 1.54) is 16.2 Å². The molecule has 0 spiro atoms. The first-order chi connectivity index (χ1) is 17.6. The standard InChI is InChI=1S/C28H35N5O2SSi/c1-33-13-11-23-25(17-33)36-28(32-23)27(35)31-22-8-6-5-7-21(22)30-26(34)24-16-19-15-18(9-10-20(19)29-24)12-14-37(2,3)4/h9-10,15-16,21-22,29H,5-8,11,13,17H2,1-4H3,(H,30,34)(H,31,35)/t21-,22+/m0/s1. The molecule has 5 rings (SSSR count). The molecule has 2 atom stereocenters. The van der Waals surface area contributed by atoms with Crippen LogP contribution in [-0.4, -0.2) is 60.4 Å². The summed E-state index contributed by atoms with van der Waals surface area (Å²) in [5, 5.41) is 7.87. The molecular formula is C28H35N5O2SSi. The summed E-state index contributed by atoms with van der Waals surface area (Å²) in [6, 6.07) is 7.67. The number of aromatic nitrogens is 2. The van der Waals surface area contributed by atoms with Gasteiger partial charge >= 0.3 is 0 Å². The molecule has 0 bridgehead atoms. The van der Waals surface area contributed by atoms with E-state index in [0.717, 1.165) is 67.4 Å². The third-order valence-electron chi connectivity index (χ3n) is 6.96. The summed E-state index contributed by atoms with van der Waals surface area (Å²) in [6.07, 6.45) is 4.63. The van der Waals surface area contributed by atoms with Crippen LogP contribution in [0.3, 0.4) is 0 Å². The van der Waals surface area contributed by atoms with E-state index in [1.54, 1.807) is 0 Å². The summed E-state index contributed by atoms with van der Waals surface area (Å²) in [5.74, 6) is 3.00. The number of likely N-dealkylation sites (N-methyl/N-ethyl adjacent to an activating group) is 1. The minimum atomic E-state index is -1.46. The van der Waals surface area contributed by atoms with Gasteiger partial charge in [-0.2, -0.15) is 0 Å². The Hall–Kier alpha value is -2.93. The van der Waals surface area contributed by atoms with Gasteiger partial charge in [-0.1, -0.05) is 38.4 Å². The second-order valence-corrected chi connectivity index (χ2v) is 17.1. The summed E-state index contributed by atoms with van der Waals surface area (Å²) in [6.45, 7) is 8.48.